The number of amides is 1. The number of benzene rings is 2. The zero-order valence-electron chi connectivity index (χ0n) is 22.5. The van der Waals surface area contributed by atoms with Crippen molar-refractivity contribution in [2.24, 2.45) is 0 Å². The standard InChI is InChI=1S/C28H31F3N8O2/c1-2-4-19-11-18(5-6-26(19)41-28(29,30)31)15-33-10-7-27(40)35-9-3-8-34-23-12-20(13-24-22(23)17-37-38-24)21-16-36-39-25(21)14-32/h5-6,11-13,16-17,33-34H,2-4,7-10,15H2,1H3,(H,35,40)(H,36,39)(H,37,38). The first-order chi connectivity index (χ1) is 19.8. The predicted molar refractivity (Wildman–Crippen MR) is 148 cm³/mol. The van der Waals surface area contributed by atoms with Gasteiger partial charge in [-0.05, 0) is 47.7 Å². The van der Waals surface area contributed by atoms with Crippen LogP contribution in [-0.4, -0.2) is 52.3 Å². The van der Waals surface area contributed by atoms with Crippen LogP contribution >= 0.6 is 0 Å². The van der Waals surface area contributed by atoms with E-state index < -0.39 is 6.36 Å². The normalized spacial score (nSPS) is 11.4. The summed E-state index contributed by atoms with van der Waals surface area (Å²) in [5, 5.41) is 33.4. The highest BCUT2D eigenvalue weighted by Gasteiger charge is 2.32. The Hall–Kier alpha value is -4.57. The van der Waals surface area contributed by atoms with E-state index in [-0.39, 0.29) is 18.1 Å². The third kappa shape index (κ3) is 8.21. The molecule has 4 rings (SSSR count). The van der Waals surface area contributed by atoms with Gasteiger partial charge in [-0.15, -0.1) is 13.2 Å². The number of rotatable bonds is 14. The average molecular weight is 569 g/mol. The number of hydrogen-bond donors (Lipinski definition) is 5. The molecule has 0 aliphatic heterocycles. The summed E-state index contributed by atoms with van der Waals surface area (Å²) >= 11 is 0. The van der Waals surface area contributed by atoms with E-state index >= 15 is 0 Å². The molecule has 0 bridgehead atoms. The Morgan fingerprint density at radius 3 is 2.71 bits per heavy atom. The molecular weight excluding hydrogens is 537 g/mol. The number of alkyl halides is 3. The fraction of sp³-hybridized carbons (Fsp3) is 0.357. The van der Waals surface area contributed by atoms with Crippen LogP contribution in [0.25, 0.3) is 22.0 Å². The van der Waals surface area contributed by atoms with Gasteiger partial charge in [-0.25, -0.2) is 0 Å². The molecule has 0 spiro atoms. The molecule has 0 unspecified atom stereocenters. The van der Waals surface area contributed by atoms with E-state index in [1.165, 1.54) is 6.07 Å². The van der Waals surface area contributed by atoms with Crippen molar-refractivity contribution < 1.29 is 22.7 Å². The van der Waals surface area contributed by atoms with E-state index in [0.29, 0.717) is 62.3 Å². The molecule has 4 aromatic rings. The Bertz CT molecular complexity index is 1510. The second kappa shape index (κ2) is 13.7. The summed E-state index contributed by atoms with van der Waals surface area (Å²) in [6, 6.07) is 10.6. The van der Waals surface area contributed by atoms with Crippen LogP contribution in [0.1, 0.15) is 43.0 Å². The number of aryl methyl sites for hydroxylation is 1. The molecule has 10 nitrogen and oxygen atoms in total. The number of anilines is 1. The Morgan fingerprint density at radius 1 is 1.10 bits per heavy atom. The number of aromatic amines is 2. The Labute approximate surface area is 234 Å². The summed E-state index contributed by atoms with van der Waals surface area (Å²) in [7, 11) is 0. The molecule has 0 radical (unpaired) electrons. The monoisotopic (exact) mass is 568 g/mol. The quantitative estimate of drug-likeness (QED) is 0.138. The van der Waals surface area contributed by atoms with E-state index in [2.05, 4.69) is 47.2 Å². The van der Waals surface area contributed by atoms with Crippen molar-refractivity contribution in [1.29, 1.82) is 5.26 Å². The number of halogens is 3. The summed E-state index contributed by atoms with van der Waals surface area (Å²) in [6.45, 7) is 3.84. The van der Waals surface area contributed by atoms with E-state index in [1.807, 2.05) is 19.1 Å². The Kier molecular flexibility index (Phi) is 9.81. The number of nitrogens with zero attached hydrogens (tertiary/aromatic N) is 3. The van der Waals surface area contributed by atoms with E-state index in [1.54, 1.807) is 24.5 Å². The molecule has 1 amide bonds. The first-order valence-corrected chi connectivity index (χ1v) is 13.3. The molecule has 0 fully saturated rings. The number of hydrogen-bond acceptors (Lipinski definition) is 7. The van der Waals surface area contributed by atoms with Crippen molar-refractivity contribution in [3.63, 3.8) is 0 Å². The van der Waals surface area contributed by atoms with Crippen molar-refractivity contribution in [1.82, 2.24) is 31.0 Å². The lowest BCUT2D eigenvalue weighted by atomic mass is 10.0. The minimum absolute atomic E-state index is 0.0960. The lowest BCUT2D eigenvalue weighted by Gasteiger charge is -2.14. The second-order valence-electron chi connectivity index (χ2n) is 9.42. The van der Waals surface area contributed by atoms with Gasteiger partial charge in [0.15, 0.2) is 0 Å². The highest BCUT2D eigenvalue weighted by Crippen LogP contribution is 2.31. The van der Waals surface area contributed by atoms with Crippen LogP contribution in [0.15, 0.2) is 42.7 Å². The van der Waals surface area contributed by atoms with Crippen molar-refractivity contribution in [3.8, 4) is 22.9 Å². The number of nitriles is 1. The zero-order valence-corrected chi connectivity index (χ0v) is 22.5. The molecular formula is C28H31F3N8O2. The molecule has 2 aromatic heterocycles. The van der Waals surface area contributed by atoms with Gasteiger partial charge in [-0.2, -0.15) is 15.5 Å². The lowest BCUT2D eigenvalue weighted by Crippen LogP contribution is -2.29. The number of H-pyrrole nitrogens is 2. The fourth-order valence-corrected chi connectivity index (χ4v) is 4.44. The first-order valence-electron chi connectivity index (χ1n) is 13.3. The molecule has 13 heteroatoms. The zero-order chi connectivity index (χ0) is 29.2. The maximum absolute atomic E-state index is 12.6. The van der Waals surface area contributed by atoms with Crippen LogP contribution in [0, 0.1) is 11.3 Å². The summed E-state index contributed by atoms with van der Waals surface area (Å²) in [5.74, 6) is -0.272. The lowest BCUT2D eigenvalue weighted by molar-refractivity contribution is -0.274. The summed E-state index contributed by atoms with van der Waals surface area (Å²) in [4.78, 5) is 12.2. The number of carbonyl (C=O) groups excluding carboxylic acids is 1. The summed E-state index contributed by atoms with van der Waals surface area (Å²) in [6.07, 6.45) is 0.728. The van der Waals surface area contributed by atoms with Crippen molar-refractivity contribution >= 4 is 22.5 Å². The number of aromatic nitrogens is 4. The molecule has 0 aliphatic carbocycles. The average Bonchev–Trinajstić information content (AvgIpc) is 3.61. The molecule has 5 N–H and O–H groups in total. The van der Waals surface area contributed by atoms with Crippen molar-refractivity contribution in [2.45, 2.75) is 45.5 Å². The van der Waals surface area contributed by atoms with Gasteiger partial charge < -0.3 is 20.7 Å². The maximum Gasteiger partial charge on any atom is 0.573 e. The number of ether oxygens (including phenoxy) is 1. The third-order valence-electron chi connectivity index (χ3n) is 6.34. The second-order valence-corrected chi connectivity index (χ2v) is 9.42. The number of nitrogens with one attached hydrogen (secondary N) is 5. The minimum atomic E-state index is -4.73. The van der Waals surface area contributed by atoms with Gasteiger partial charge in [0.05, 0.1) is 17.9 Å². The summed E-state index contributed by atoms with van der Waals surface area (Å²) < 4.78 is 42.0. The molecule has 0 atom stereocenters. The van der Waals surface area contributed by atoms with Gasteiger partial charge in [0.1, 0.15) is 17.5 Å². The van der Waals surface area contributed by atoms with Crippen LogP contribution in [0.2, 0.25) is 0 Å². The van der Waals surface area contributed by atoms with Crippen LogP contribution in [-0.2, 0) is 17.8 Å². The van der Waals surface area contributed by atoms with Gasteiger partial charge in [0.25, 0.3) is 0 Å². The molecule has 0 saturated carbocycles. The number of fused-ring (bicyclic) bond motifs is 1. The van der Waals surface area contributed by atoms with Crippen LogP contribution in [0.3, 0.4) is 0 Å². The molecule has 2 heterocycles. The fourth-order valence-electron chi connectivity index (χ4n) is 4.44. The topological polar surface area (TPSA) is 144 Å². The van der Waals surface area contributed by atoms with E-state index in [0.717, 1.165) is 27.7 Å². The minimum Gasteiger partial charge on any atom is -0.406 e. The van der Waals surface area contributed by atoms with Gasteiger partial charge >= 0.3 is 6.36 Å². The Balaban J connectivity index is 1.18. The maximum atomic E-state index is 12.6. The van der Waals surface area contributed by atoms with Gasteiger partial charge in [0.2, 0.25) is 5.91 Å². The molecule has 216 valence electrons. The van der Waals surface area contributed by atoms with Gasteiger partial charge in [0, 0.05) is 49.2 Å². The van der Waals surface area contributed by atoms with Crippen LogP contribution in [0.5, 0.6) is 5.75 Å². The van der Waals surface area contributed by atoms with E-state index in [9.17, 15) is 23.2 Å². The first kappa shape index (κ1) is 29.4. The highest BCUT2D eigenvalue weighted by atomic mass is 19.4. The molecule has 2 aromatic carbocycles. The van der Waals surface area contributed by atoms with E-state index in [4.69, 9.17) is 0 Å². The predicted octanol–water partition coefficient (Wildman–Crippen LogP) is 4.77. The molecule has 0 saturated heterocycles. The highest BCUT2D eigenvalue weighted by molar-refractivity contribution is 5.95. The Morgan fingerprint density at radius 2 is 1.93 bits per heavy atom. The molecule has 41 heavy (non-hydrogen) atoms. The van der Waals surface area contributed by atoms with Crippen molar-refractivity contribution in [2.75, 3.05) is 25.0 Å². The third-order valence-corrected chi connectivity index (χ3v) is 6.34. The van der Waals surface area contributed by atoms with Gasteiger partial charge in [-0.3, -0.25) is 15.0 Å². The molecule has 0 aliphatic rings. The SMILES string of the molecule is CCCc1cc(CNCCC(=O)NCCCNc2cc(-c3cn[nH]c3C#N)cc3[nH]ncc23)ccc1OC(F)(F)F. The van der Waals surface area contributed by atoms with Crippen LogP contribution < -0.4 is 20.7 Å². The van der Waals surface area contributed by atoms with Crippen LogP contribution in [0.4, 0.5) is 18.9 Å². The van der Waals surface area contributed by atoms with Gasteiger partial charge in [-0.1, -0.05) is 25.5 Å². The smallest absolute Gasteiger partial charge is 0.406 e. The number of carbonyl (C=O) groups is 1. The largest absolute Gasteiger partial charge is 0.573 e. The summed E-state index contributed by atoms with van der Waals surface area (Å²) in [5.41, 5.74) is 4.90. The van der Waals surface area contributed by atoms with Crippen molar-refractivity contribution in [3.05, 3.63) is 59.5 Å².